The van der Waals surface area contributed by atoms with E-state index >= 15 is 0 Å². The third-order valence-electron chi connectivity index (χ3n) is 3.89. The molecule has 1 amide bonds. The zero-order valence-corrected chi connectivity index (χ0v) is 12.0. The Morgan fingerprint density at radius 1 is 1.38 bits per heavy atom. The first-order valence-corrected chi connectivity index (χ1v) is 6.87. The number of likely N-dealkylation sites (tertiary alicyclic amines) is 1. The average molecular weight is 299 g/mol. The van der Waals surface area contributed by atoms with Gasteiger partial charge in [-0.1, -0.05) is 19.9 Å². The molecule has 2 N–H and O–H groups in total. The van der Waals surface area contributed by atoms with E-state index in [0.29, 0.717) is 0 Å². The molecule has 21 heavy (non-hydrogen) atoms. The number of amides is 1. The summed E-state index contributed by atoms with van der Waals surface area (Å²) in [5.74, 6) is -0.506. The van der Waals surface area contributed by atoms with Crippen LogP contribution in [-0.2, 0) is 0 Å². The number of aliphatic hydroxyl groups is 1. The van der Waals surface area contributed by atoms with Crippen LogP contribution in [0.1, 0.15) is 42.1 Å². The van der Waals surface area contributed by atoms with Gasteiger partial charge in [0, 0.05) is 13.0 Å². The molecule has 1 aliphatic rings. The van der Waals surface area contributed by atoms with Gasteiger partial charge in [-0.2, -0.15) is 0 Å². The van der Waals surface area contributed by atoms with Crippen molar-refractivity contribution in [3.8, 4) is 5.75 Å². The maximum Gasteiger partial charge on any atom is 0.268 e. The molecule has 1 aromatic rings. The summed E-state index contributed by atoms with van der Waals surface area (Å²) in [7, 11) is 0. The fraction of sp³-hybridized carbons (Fsp3) is 0.533. The molecule has 1 atom stereocenters. The van der Waals surface area contributed by atoms with Gasteiger partial charge < -0.3 is 15.1 Å². The van der Waals surface area contributed by atoms with Crippen LogP contribution in [-0.4, -0.2) is 46.1 Å². The number of benzene rings is 1. The zero-order chi connectivity index (χ0) is 15.8. The van der Waals surface area contributed by atoms with Crippen molar-refractivity contribution in [2.45, 2.75) is 38.2 Å². The Balaban J connectivity index is 2.18. The first-order valence-electron chi connectivity index (χ1n) is 6.87. The minimum Gasteiger partial charge on any atom is -0.507 e. The Morgan fingerprint density at radius 3 is 2.52 bits per heavy atom. The third-order valence-corrected chi connectivity index (χ3v) is 3.89. The van der Waals surface area contributed by atoms with E-state index < -0.39 is 24.5 Å². The van der Waals surface area contributed by atoms with Crippen LogP contribution in [0.2, 0.25) is 0 Å². The lowest BCUT2D eigenvalue weighted by molar-refractivity contribution is -0.0855. The van der Waals surface area contributed by atoms with E-state index in [9.17, 15) is 23.8 Å². The number of halogens is 2. The number of alkyl halides is 2. The van der Waals surface area contributed by atoms with Gasteiger partial charge in [0.25, 0.3) is 12.3 Å². The molecule has 1 aliphatic heterocycles. The molecule has 1 saturated heterocycles. The van der Waals surface area contributed by atoms with Crippen LogP contribution in [0.5, 0.6) is 5.75 Å². The van der Waals surface area contributed by atoms with Crippen LogP contribution in [0.3, 0.4) is 0 Å². The Bertz CT molecular complexity index is 548. The largest absolute Gasteiger partial charge is 0.507 e. The van der Waals surface area contributed by atoms with E-state index in [1.807, 2.05) is 13.8 Å². The second-order valence-electron chi connectivity index (χ2n) is 5.81. The minimum absolute atomic E-state index is 0.0467. The van der Waals surface area contributed by atoms with Crippen LogP contribution in [0.25, 0.3) is 0 Å². The quantitative estimate of drug-likeness (QED) is 0.900. The van der Waals surface area contributed by atoms with Gasteiger partial charge >= 0.3 is 0 Å². The average Bonchev–Trinajstić information content (AvgIpc) is 2.82. The Hall–Kier alpha value is -1.69. The van der Waals surface area contributed by atoms with Gasteiger partial charge in [-0.3, -0.25) is 4.79 Å². The van der Waals surface area contributed by atoms with Crippen molar-refractivity contribution in [2.24, 2.45) is 0 Å². The highest BCUT2D eigenvalue weighted by Crippen LogP contribution is 2.31. The van der Waals surface area contributed by atoms with Gasteiger partial charge in [-0.15, -0.1) is 0 Å². The molecule has 0 saturated carbocycles. The van der Waals surface area contributed by atoms with Crippen molar-refractivity contribution in [1.82, 2.24) is 4.90 Å². The molecule has 6 heteroatoms. The summed E-state index contributed by atoms with van der Waals surface area (Å²) in [6, 6.07) is 4.73. The van der Waals surface area contributed by atoms with Crippen molar-refractivity contribution in [1.29, 1.82) is 0 Å². The minimum atomic E-state index is -2.90. The molecular weight excluding hydrogens is 280 g/mol. The smallest absolute Gasteiger partial charge is 0.268 e. The molecule has 0 aliphatic carbocycles. The van der Waals surface area contributed by atoms with Gasteiger partial charge in [0.2, 0.25) is 0 Å². The number of phenols is 1. The lowest BCUT2D eigenvalue weighted by Gasteiger charge is -2.22. The molecular formula is C15H19F2NO3. The molecule has 0 radical (unpaired) electrons. The summed E-state index contributed by atoms with van der Waals surface area (Å²) in [5.41, 5.74) is -1.20. The standard InChI is InChI=1S/C15H19F2NO3/c1-9(2)10-3-4-11(12(19)7-10)13(20)18-6-5-15(21,8-18)14(16)17/h3-4,7,9,14,19,21H,5-6,8H2,1-2H3. The highest BCUT2D eigenvalue weighted by atomic mass is 19.3. The van der Waals surface area contributed by atoms with Crippen LogP contribution in [0.15, 0.2) is 18.2 Å². The summed E-state index contributed by atoms with van der Waals surface area (Å²) in [6.45, 7) is 3.54. The van der Waals surface area contributed by atoms with E-state index in [-0.39, 0.29) is 30.2 Å². The van der Waals surface area contributed by atoms with E-state index in [1.165, 1.54) is 12.1 Å². The van der Waals surface area contributed by atoms with Crippen molar-refractivity contribution >= 4 is 5.91 Å². The molecule has 1 aromatic carbocycles. The number of carbonyl (C=O) groups is 1. The third kappa shape index (κ3) is 3.00. The summed E-state index contributed by atoms with van der Waals surface area (Å²) < 4.78 is 25.5. The normalized spacial score (nSPS) is 22.3. The van der Waals surface area contributed by atoms with Gasteiger partial charge in [-0.25, -0.2) is 8.78 Å². The molecule has 1 fully saturated rings. The van der Waals surface area contributed by atoms with Crippen molar-refractivity contribution < 1.29 is 23.8 Å². The molecule has 1 unspecified atom stereocenters. The number of aromatic hydroxyl groups is 1. The van der Waals surface area contributed by atoms with E-state index in [4.69, 9.17) is 0 Å². The fourth-order valence-electron chi connectivity index (χ4n) is 2.43. The second kappa shape index (κ2) is 5.60. The Labute approximate surface area is 122 Å². The fourth-order valence-corrected chi connectivity index (χ4v) is 2.43. The van der Waals surface area contributed by atoms with Crippen LogP contribution >= 0.6 is 0 Å². The highest BCUT2D eigenvalue weighted by molar-refractivity contribution is 5.97. The number of rotatable bonds is 3. The van der Waals surface area contributed by atoms with Crippen molar-refractivity contribution in [3.63, 3.8) is 0 Å². The SMILES string of the molecule is CC(C)c1ccc(C(=O)N2CCC(O)(C(F)F)C2)c(O)c1. The Kier molecular flexibility index (Phi) is 4.18. The van der Waals surface area contributed by atoms with E-state index in [0.717, 1.165) is 10.5 Å². The summed E-state index contributed by atoms with van der Waals surface area (Å²) in [6.07, 6.45) is -3.06. The lowest BCUT2D eigenvalue weighted by Crippen LogP contribution is -2.41. The summed E-state index contributed by atoms with van der Waals surface area (Å²) >= 11 is 0. The lowest BCUT2D eigenvalue weighted by atomic mass is 10.0. The van der Waals surface area contributed by atoms with Crippen molar-refractivity contribution in [2.75, 3.05) is 13.1 Å². The van der Waals surface area contributed by atoms with Gasteiger partial charge in [-0.05, 0) is 23.6 Å². The predicted octanol–water partition coefficient (Wildman–Crippen LogP) is 2.36. The zero-order valence-electron chi connectivity index (χ0n) is 12.0. The molecule has 2 rings (SSSR count). The molecule has 116 valence electrons. The highest BCUT2D eigenvalue weighted by Gasteiger charge is 2.45. The molecule has 4 nitrogen and oxygen atoms in total. The molecule has 0 bridgehead atoms. The number of hydrogen-bond donors (Lipinski definition) is 2. The second-order valence-corrected chi connectivity index (χ2v) is 5.81. The van der Waals surface area contributed by atoms with Gasteiger partial charge in [0.1, 0.15) is 11.4 Å². The Morgan fingerprint density at radius 2 is 2.05 bits per heavy atom. The first-order chi connectivity index (χ1) is 9.74. The molecule has 1 heterocycles. The van der Waals surface area contributed by atoms with E-state index in [1.54, 1.807) is 6.07 Å². The summed E-state index contributed by atoms with van der Waals surface area (Å²) in [5, 5.41) is 19.7. The maximum absolute atomic E-state index is 12.7. The topological polar surface area (TPSA) is 60.8 Å². The van der Waals surface area contributed by atoms with Crippen LogP contribution < -0.4 is 0 Å². The van der Waals surface area contributed by atoms with Crippen molar-refractivity contribution in [3.05, 3.63) is 29.3 Å². The maximum atomic E-state index is 12.7. The number of phenolic OH excluding ortho intramolecular Hbond substituents is 1. The van der Waals surface area contributed by atoms with Crippen LogP contribution in [0.4, 0.5) is 8.78 Å². The number of carbonyl (C=O) groups excluding carboxylic acids is 1. The predicted molar refractivity (Wildman–Crippen MR) is 73.7 cm³/mol. The number of β-amino-alcohol motifs (C(OH)–C–C–N with tert-alkyl or cyclic N) is 1. The summed E-state index contributed by atoms with van der Waals surface area (Å²) in [4.78, 5) is 13.4. The van der Waals surface area contributed by atoms with Gasteiger partial charge in [0.15, 0.2) is 0 Å². The number of hydrogen-bond acceptors (Lipinski definition) is 3. The number of nitrogens with zero attached hydrogens (tertiary/aromatic N) is 1. The molecule has 0 aromatic heterocycles. The van der Waals surface area contributed by atoms with Gasteiger partial charge in [0.05, 0.1) is 12.1 Å². The monoisotopic (exact) mass is 299 g/mol. The first kappa shape index (κ1) is 15.7. The van der Waals surface area contributed by atoms with Crippen LogP contribution in [0, 0.1) is 0 Å². The van der Waals surface area contributed by atoms with E-state index in [2.05, 4.69) is 0 Å². The molecule has 0 spiro atoms.